The first-order valence-electron chi connectivity index (χ1n) is 26.8. The fourth-order valence-electron chi connectivity index (χ4n) is 12.4. The Kier molecular flexibility index (Phi) is 14.2. The van der Waals surface area contributed by atoms with Gasteiger partial charge in [0.15, 0.2) is 11.3 Å². The number of piperazine rings is 1. The van der Waals surface area contributed by atoms with Crippen molar-refractivity contribution in [2.24, 2.45) is 11.3 Å². The average Bonchev–Trinajstić information content (AvgIpc) is 4.19. The molecule has 77 heavy (non-hydrogen) atoms. The lowest BCUT2D eigenvalue weighted by Crippen LogP contribution is -2.60. The summed E-state index contributed by atoms with van der Waals surface area (Å²) < 4.78 is 48.3. The van der Waals surface area contributed by atoms with Crippen LogP contribution in [-0.2, 0) is 16.6 Å². The monoisotopic (exact) mass is 1070 g/mol. The molecule has 1 atom stereocenters. The minimum absolute atomic E-state index is 0.0330. The lowest BCUT2D eigenvalue weighted by atomic mass is 9.59. The summed E-state index contributed by atoms with van der Waals surface area (Å²) in [7, 11) is -3.07. The van der Waals surface area contributed by atoms with Gasteiger partial charge in [0, 0.05) is 93.2 Å². The maximum Gasteiger partial charge on any atom is 0.297 e. The number of aromatic nitrogens is 3. The number of piperidine rings is 1. The molecule has 2 aliphatic heterocycles. The maximum atomic E-state index is 14.3. The number of nitrogens with zero attached hydrogens (tertiary/aromatic N) is 6. The molecule has 3 aromatic carbocycles. The number of rotatable bonds is 16. The third kappa shape index (κ3) is 10.8. The summed E-state index contributed by atoms with van der Waals surface area (Å²) in [5.41, 5.74) is 3.50. The highest BCUT2D eigenvalue weighted by Gasteiger charge is 2.50. The van der Waals surface area contributed by atoms with Crippen LogP contribution in [0, 0.1) is 21.4 Å². The van der Waals surface area contributed by atoms with Crippen molar-refractivity contribution in [1.82, 2.24) is 29.5 Å². The van der Waals surface area contributed by atoms with Crippen LogP contribution in [0.2, 0.25) is 0 Å². The molecule has 4 N–H and O–H groups in total. The van der Waals surface area contributed by atoms with E-state index in [0.717, 1.165) is 82.2 Å². The number of nitrogens with one attached hydrogen (secondary N) is 3. The van der Waals surface area contributed by atoms with E-state index in [1.54, 1.807) is 32.4 Å². The Bertz CT molecular complexity index is 3410. The van der Waals surface area contributed by atoms with Crippen LogP contribution in [0.4, 0.5) is 17.2 Å². The van der Waals surface area contributed by atoms with Crippen LogP contribution < -0.4 is 24.4 Å². The first kappa shape index (κ1) is 52.0. The number of amides is 1. The molecule has 4 aromatic heterocycles. The normalized spacial score (nSPS) is 21.4. The quantitative estimate of drug-likeness (QED) is 0.0522. The highest BCUT2D eigenvalue weighted by atomic mass is 32.2. The van der Waals surface area contributed by atoms with Gasteiger partial charge in [0.25, 0.3) is 21.6 Å². The number of anilines is 2. The van der Waals surface area contributed by atoms with Gasteiger partial charge in [0.05, 0.1) is 30.1 Å². The van der Waals surface area contributed by atoms with Gasteiger partial charge in [-0.05, 0) is 123 Å². The summed E-state index contributed by atoms with van der Waals surface area (Å²) in [6.45, 7) is 12.0. The molecule has 2 saturated carbocycles. The van der Waals surface area contributed by atoms with Crippen molar-refractivity contribution in [3.8, 4) is 17.2 Å². The van der Waals surface area contributed by atoms with Crippen molar-refractivity contribution in [3.63, 3.8) is 0 Å². The Balaban J connectivity index is 0.804. The van der Waals surface area contributed by atoms with Crippen LogP contribution >= 0.6 is 0 Å². The van der Waals surface area contributed by atoms with E-state index in [-0.39, 0.29) is 45.3 Å². The SMILES string of the molecule is COc1ccc(CN2CCN(C3CC4(CCN(c5cc(Oc6cnc7[nH]ccc7c6)c(C(=O)NS(=O)(=O)c6cc([N+](=O)[O-])c(NCC7CCC(C)(O)CC7)c7occc67)cn5)CC4)C3)C(c3ccccc3C(C)C)C2)cc1. The van der Waals surface area contributed by atoms with Crippen molar-refractivity contribution in [3.05, 3.63) is 136 Å². The zero-order chi connectivity index (χ0) is 53.6. The molecule has 0 radical (unpaired) electrons. The van der Waals surface area contributed by atoms with E-state index in [9.17, 15) is 28.4 Å². The van der Waals surface area contributed by atoms with E-state index in [1.165, 1.54) is 41.4 Å². The second-order valence-corrected chi connectivity index (χ2v) is 24.0. The molecule has 18 nitrogen and oxygen atoms in total. The number of aromatic amines is 1. The number of methoxy groups -OCH3 is 1. The first-order valence-corrected chi connectivity index (χ1v) is 28.3. The molecule has 7 aromatic rings. The van der Waals surface area contributed by atoms with Gasteiger partial charge in [0.2, 0.25) is 0 Å². The number of carbonyl (C=O) groups is 1. The third-order valence-corrected chi connectivity index (χ3v) is 18.2. The molecule has 404 valence electrons. The smallest absolute Gasteiger partial charge is 0.297 e. The zero-order valence-electron chi connectivity index (χ0n) is 44.0. The van der Waals surface area contributed by atoms with Crippen LogP contribution in [0.25, 0.3) is 22.0 Å². The Hall–Kier alpha value is -7.06. The van der Waals surface area contributed by atoms with Gasteiger partial charge in [-0.15, -0.1) is 0 Å². The van der Waals surface area contributed by atoms with Crippen LogP contribution in [0.5, 0.6) is 17.2 Å². The van der Waals surface area contributed by atoms with Crippen LogP contribution in [0.3, 0.4) is 0 Å². The number of H-pyrrole nitrogens is 1. The van der Waals surface area contributed by atoms with Gasteiger partial charge in [0.1, 0.15) is 39.2 Å². The van der Waals surface area contributed by atoms with Gasteiger partial charge in [-0.2, -0.15) is 0 Å². The zero-order valence-corrected chi connectivity index (χ0v) is 44.9. The number of aliphatic hydroxyl groups is 1. The fourth-order valence-corrected chi connectivity index (χ4v) is 13.6. The summed E-state index contributed by atoms with van der Waals surface area (Å²) in [5.74, 6) is 1.31. The maximum absolute atomic E-state index is 14.3. The summed E-state index contributed by atoms with van der Waals surface area (Å²) in [6.07, 6.45) is 12.6. The number of nitro benzene ring substituents is 1. The number of carbonyl (C=O) groups excluding carboxylic acids is 1. The largest absolute Gasteiger partial charge is 0.497 e. The van der Waals surface area contributed by atoms with E-state index in [0.29, 0.717) is 61.4 Å². The topological polar surface area (TPSA) is 222 Å². The molecule has 1 spiro atoms. The fraction of sp³-hybridized carbons (Fsp3) is 0.431. The van der Waals surface area contributed by atoms with Crippen molar-refractivity contribution in [2.75, 3.05) is 56.6 Å². The molecule has 19 heteroatoms. The number of ether oxygens (including phenoxy) is 2. The Morgan fingerprint density at radius 3 is 2.47 bits per heavy atom. The number of benzene rings is 3. The lowest BCUT2D eigenvalue weighted by molar-refractivity contribution is -0.384. The summed E-state index contributed by atoms with van der Waals surface area (Å²) in [6, 6.07) is 25.7. The second-order valence-electron chi connectivity index (χ2n) is 22.3. The number of furan rings is 1. The molecule has 2 aliphatic carbocycles. The predicted molar refractivity (Wildman–Crippen MR) is 294 cm³/mol. The minimum Gasteiger partial charge on any atom is -0.497 e. The summed E-state index contributed by atoms with van der Waals surface area (Å²) >= 11 is 0. The van der Waals surface area contributed by atoms with E-state index in [4.69, 9.17) is 18.9 Å². The lowest BCUT2D eigenvalue weighted by Gasteiger charge is -2.58. The van der Waals surface area contributed by atoms with Gasteiger partial charge in [-0.1, -0.05) is 50.2 Å². The summed E-state index contributed by atoms with van der Waals surface area (Å²) in [5, 5.41) is 27.0. The van der Waals surface area contributed by atoms with Crippen molar-refractivity contribution >= 4 is 55.1 Å². The van der Waals surface area contributed by atoms with Crippen molar-refractivity contribution in [1.29, 1.82) is 0 Å². The molecule has 1 amide bonds. The average molecular weight is 1070 g/mol. The molecule has 11 rings (SSSR count). The van der Waals surface area contributed by atoms with E-state index in [2.05, 4.69) is 85.0 Å². The van der Waals surface area contributed by atoms with Crippen molar-refractivity contribution in [2.45, 2.75) is 107 Å². The molecular weight excluding hydrogens is 999 g/mol. The molecule has 1 unspecified atom stereocenters. The van der Waals surface area contributed by atoms with Crippen LogP contribution in [0.1, 0.15) is 111 Å². The van der Waals surface area contributed by atoms with Crippen LogP contribution in [-0.4, -0.2) is 107 Å². The van der Waals surface area contributed by atoms with E-state index >= 15 is 0 Å². The summed E-state index contributed by atoms with van der Waals surface area (Å²) in [4.78, 5) is 45.5. The highest BCUT2D eigenvalue weighted by molar-refractivity contribution is 7.90. The standard InChI is InChI=1S/C58H67N9O9S/c1-37(2)44-7-5-6-8-45(44)49-36-64(35-39-9-11-42(74-4)12-10-39)24-25-66(49)41-30-58(31-41)19-22-65(23-20-58)52-29-50(76-43-27-40-15-21-59-55(40)62-33-43)47(34-60-52)56(68)63-77(72,73)51-28-48(67(70)71)53(54-46(51)16-26-75-54)61-32-38-13-17-57(3,69)18-14-38/h5-12,15-16,21,26-29,33-34,37-38,41,49,61,69H,13-14,17-20,22-25,30-32,35-36H2,1-4H3,(H,59,62)(H,63,68). The molecule has 4 fully saturated rings. The second kappa shape index (κ2) is 21.1. The number of nitro groups is 1. The van der Waals surface area contributed by atoms with Gasteiger partial charge >= 0.3 is 0 Å². The van der Waals surface area contributed by atoms with Gasteiger partial charge in [-0.25, -0.2) is 23.1 Å². The number of pyridine rings is 2. The number of hydrogen-bond acceptors (Lipinski definition) is 15. The van der Waals surface area contributed by atoms with Crippen molar-refractivity contribution < 1.29 is 37.1 Å². The minimum atomic E-state index is -4.77. The van der Waals surface area contributed by atoms with E-state index in [1.807, 2.05) is 18.2 Å². The number of fused-ring (bicyclic) bond motifs is 2. The molecule has 4 aliphatic rings. The first-order chi connectivity index (χ1) is 37.0. The Labute approximate surface area is 448 Å². The van der Waals surface area contributed by atoms with Crippen LogP contribution in [0.15, 0.2) is 113 Å². The van der Waals surface area contributed by atoms with Gasteiger partial charge in [-0.3, -0.25) is 24.7 Å². The Morgan fingerprint density at radius 1 is 0.961 bits per heavy atom. The van der Waals surface area contributed by atoms with Gasteiger partial charge < -0.3 is 34.2 Å². The molecule has 0 bridgehead atoms. The number of hydrogen-bond donors (Lipinski definition) is 4. The molecular formula is C58H67N9O9S. The molecule has 6 heterocycles. The van der Waals surface area contributed by atoms with E-state index < -0.39 is 37.0 Å². The highest BCUT2D eigenvalue weighted by Crippen LogP contribution is 2.53. The predicted octanol–water partition coefficient (Wildman–Crippen LogP) is 10.3. The Morgan fingerprint density at radius 2 is 1.73 bits per heavy atom. The third-order valence-electron chi connectivity index (χ3n) is 16.8. The molecule has 2 saturated heterocycles. The number of sulfonamides is 1.